The van der Waals surface area contributed by atoms with Gasteiger partial charge in [-0.05, 0) is 56.3 Å². The third-order valence-corrected chi connectivity index (χ3v) is 5.52. The van der Waals surface area contributed by atoms with Crippen LogP contribution >= 0.6 is 24.8 Å². The maximum atomic E-state index is 12.3. The Hall–Kier alpha value is -0.810. The van der Waals surface area contributed by atoms with Gasteiger partial charge < -0.3 is 15.5 Å². The molecule has 2 unspecified atom stereocenters. The number of hydrogen-bond donors (Lipinski definition) is 2. The molecule has 4 nitrogen and oxygen atoms in total. The third-order valence-electron chi connectivity index (χ3n) is 5.52. The third kappa shape index (κ3) is 6.73. The molecule has 1 aromatic carbocycles. The van der Waals surface area contributed by atoms with Gasteiger partial charge >= 0.3 is 0 Å². The molecule has 2 atom stereocenters. The van der Waals surface area contributed by atoms with Crippen molar-refractivity contribution >= 4 is 30.7 Å². The minimum absolute atomic E-state index is 0. The largest absolute Gasteiger partial charge is 0.352 e. The first-order valence-electron chi connectivity index (χ1n) is 9.41. The lowest BCUT2D eigenvalue weighted by Gasteiger charge is -2.28. The van der Waals surface area contributed by atoms with Crippen LogP contribution in [0.1, 0.15) is 50.2 Å². The number of fused-ring (bicyclic) bond motifs is 2. The van der Waals surface area contributed by atoms with E-state index in [0.717, 1.165) is 13.1 Å². The van der Waals surface area contributed by atoms with Crippen molar-refractivity contribution in [1.82, 2.24) is 15.5 Å². The maximum absolute atomic E-state index is 12.3. The zero-order chi connectivity index (χ0) is 16.9. The van der Waals surface area contributed by atoms with Gasteiger partial charge in [-0.2, -0.15) is 0 Å². The van der Waals surface area contributed by atoms with Crippen LogP contribution in [-0.2, 0) is 17.9 Å². The first kappa shape index (κ1) is 23.2. The molecule has 0 saturated carbocycles. The smallest absolute Gasteiger partial charge is 0.220 e. The Bertz CT molecular complexity index is 558. The number of carbonyl (C=O) groups excluding carboxylic acids is 1. The summed E-state index contributed by atoms with van der Waals surface area (Å²) in [7, 11) is 2.13. The number of halogens is 2. The topological polar surface area (TPSA) is 44.4 Å². The van der Waals surface area contributed by atoms with Gasteiger partial charge in [0.25, 0.3) is 0 Å². The highest BCUT2D eigenvalue weighted by molar-refractivity contribution is 5.85. The molecule has 26 heavy (non-hydrogen) atoms. The molecule has 3 rings (SSSR count). The van der Waals surface area contributed by atoms with Crippen LogP contribution in [0.2, 0.25) is 0 Å². The average Bonchev–Trinajstić information content (AvgIpc) is 2.92. The fraction of sp³-hybridized carbons (Fsp3) is 0.650. The molecule has 0 aromatic heterocycles. The van der Waals surface area contributed by atoms with Crippen LogP contribution in [0.25, 0.3) is 0 Å². The van der Waals surface area contributed by atoms with Crippen LogP contribution in [0.4, 0.5) is 0 Å². The SMILES string of the molecule is CCN(C)Cc1cccc(CNC(=O)CC2CC3CCC(C2)N3)c1.Cl.Cl. The van der Waals surface area contributed by atoms with Crippen LogP contribution in [0, 0.1) is 5.92 Å². The predicted octanol–water partition coefficient (Wildman–Crippen LogP) is 3.52. The van der Waals surface area contributed by atoms with Crippen molar-refractivity contribution in [2.24, 2.45) is 5.92 Å². The molecule has 148 valence electrons. The molecule has 6 heteroatoms. The summed E-state index contributed by atoms with van der Waals surface area (Å²) in [6, 6.07) is 9.87. The zero-order valence-electron chi connectivity index (χ0n) is 15.9. The van der Waals surface area contributed by atoms with Gasteiger partial charge in [0.2, 0.25) is 5.91 Å². The van der Waals surface area contributed by atoms with E-state index in [1.54, 1.807) is 0 Å². The van der Waals surface area contributed by atoms with E-state index in [1.807, 2.05) is 0 Å². The molecular weight excluding hydrogens is 369 g/mol. The van der Waals surface area contributed by atoms with Crippen LogP contribution in [0.15, 0.2) is 24.3 Å². The first-order valence-corrected chi connectivity index (χ1v) is 9.41. The quantitative estimate of drug-likeness (QED) is 0.734. The Morgan fingerprint density at radius 1 is 1.19 bits per heavy atom. The number of piperidine rings is 1. The summed E-state index contributed by atoms with van der Waals surface area (Å²) < 4.78 is 0. The van der Waals surface area contributed by atoms with Crippen molar-refractivity contribution < 1.29 is 4.79 Å². The standard InChI is InChI=1S/C20H31N3O.2ClH/c1-3-23(2)14-16-6-4-5-15(9-16)13-21-20(24)12-17-10-18-7-8-19(11-17)22-18;;/h4-6,9,17-19,22H,3,7-8,10-14H2,1-2H3,(H,21,24);2*1H. The molecule has 0 aliphatic carbocycles. The van der Waals surface area contributed by atoms with Crippen molar-refractivity contribution in [1.29, 1.82) is 0 Å². The summed E-state index contributed by atoms with van der Waals surface area (Å²) in [5.74, 6) is 0.769. The van der Waals surface area contributed by atoms with Gasteiger partial charge in [0.15, 0.2) is 0 Å². The van der Waals surface area contributed by atoms with Crippen molar-refractivity contribution in [3.05, 3.63) is 35.4 Å². The number of amides is 1. The molecular formula is C20H33Cl2N3O. The summed E-state index contributed by atoms with van der Waals surface area (Å²) in [5, 5.41) is 6.76. The summed E-state index contributed by atoms with van der Waals surface area (Å²) in [5.41, 5.74) is 2.50. The first-order chi connectivity index (χ1) is 11.6. The second kappa shape index (κ2) is 11.1. The van der Waals surface area contributed by atoms with Crippen LogP contribution in [-0.4, -0.2) is 36.5 Å². The molecule has 2 aliphatic heterocycles. The Morgan fingerprint density at radius 2 is 1.85 bits per heavy atom. The molecule has 2 saturated heterocycles. The van der Waals surface area contributed by atoms with E-state index in [0.29, 0.717) is 31.0 Å². The summed E-state index contributed by atoms with van der Waals surface area (Å²) in [6.07, 6.45) is 5.61. The maximum Gasteiger partial charge on any atom is 0.220 e. The second-order valence-electron chi connectivity index (χ2n) is 7.61. The number of hydrogen-bond acceptors (Lipinski definition) is 3. The minimum atomic E-state index is 0. The lowest BCUT2D eigenvalue weighted by molar-refractivity contribution is -0.122. The van der Waals surface area contributed by atoms with Crippen LogP contribution in [0.3, 0.4) is 0 Å². The summed E-state index contributed by atoms with van der Waals surface area (Å²) in [4.78, 5) is 14.6. The zero-order valence-corrected chi connectivity index (χ0v) is 17.5. The number of benzene rings is 1. The Morgan fingerprint density at radius 3 is 2.50 bits per heavy atom. The number of carbonyl (C=O) groups is 1. The van der Waals surface area contributed by atoms with Gasteiger partial charge in [-0.15, -0.1) is 24.8 Å². The summed E-state index contributed by atoms with van der Waals surface area (Å²) in [6.45, 7) is 4.80. The van der Waals surface area contributed by atoms with Crippen molar-refractivity contribution in [3.8, 4) is 0 Å². The molecule has 2 fully saturated rings. The van der Waals surface area contributed by atoms with Gasteiger partial charge in [-0.3, -0.25) is 4.79 Å². The molecule has 2 N–H and O–H groups in total. The Kier molecular flexibility index (Phi) is 9.94. The molecule has 1 amide bonds. The van der Waals surface area contributed by atoms with Gasteiger partial charge in [-0.25, -0.2) is 0 Å². The van der Waals surface area contributed by atoms with E-state index < -0.39 is 0 Å². The van der Waals surface area contributed by atoms with Gasteiger partial charge in [0, 0.05) is 31.6 Å². The van der Waals surface area contributed by atoms with E-state index in [1.165, 1.54) is 36.8 Å². The lowest BCUT2D eigenvalue weighted by atomic mass is 9.89. The van der Waals surface area contributed by atoms with Gasteiger partial charge in [-0.1, -0.05) is 31.2 Å². The fourth-order valence-electron chi connectivity index (χ4n) is 4.14. The minimum Gasteiger partial charge on any atom is -0.352 e. The highest BCUT2D eigenvalue weighted by Gasteiger charge is 2.34. The Labute approximate surface area is 170 Å². The molecule has 2 heterocycles. The van der Waals surface area contributed by atoms with Gasteiger partial charge in [0.1, 0.15) is 0 Å². The van der Waals surface area contributed by atoms with Crippen molar-refractivity contribution in [2.75, 3.05) is 13.6 Å². The molecule has 2 aliphatic rings. The Balaban J connectivity index is 0.00000169. The molecule has 0 radical (unpaired) electrons. The molecule has 2 bridgehead atoms. The van der Waals surface area contributed by atoms with Crippen LogP contribution in [0.5, 0.6) is 0 Å². The summed E-state index contributed by atoms with van der Waals surface area (Å²) >= 11 is 0. The molecule has 1 aromatic rings. The van der Waals surface area contributed by atoms with E-state index in [-0.39, 0.29) is 30.7 Å². The van der Waals surface area contributed by atoms with Crippen molar-refractivity contribution in [3.63, 3.8) is 0 Å². The van der Waals surface area contributed by atoms with E-state index in [9.17, 15) is 4.79 Å². The van der Waals surface area contributed by atoms with Crippen molar-refractivity contribution in [2.45, 2.75) is 64.2 Å². The number of nitrogens with zero attached hydrogens (tertiary/aromatic N) is 1. The lowest BCUT2D eigenvalue weighted by Crippen LogP contribution is -2.39. The number of rotatable bonds is 7. The normalized spacial score (nSPS) is 23.9. The second-order valence-corrected chi connectivity index (χ2v) is 7.61. The highest BCUT2D eigenvalue weighted by Crippen LogP contribution is 2.32. The van der Waals surface area contributed by atoms with Crippen LogP contribution < -0.4 is 10.6 Å². The average molecular weight is 402 g/mol. The van der Waals surface area contributed by atoms with E-state index >= 15 is 0 Å². The number of nitrogens with one attached hydrogen (secondary N) is 2. The predicted molar refractivity (Wildman–Crippen MR) is 112 cm³/mol. The fourth-order valence-corrected chi connectivity index (χ4v) is 4.14. The monoisotopic (exact) mass is 401 g/mol. The van der Waals surface area contributed by atoms with Gasteiger partial charge in [0.05, 0.1) is 0 Å². The highest BCUT2D eigenvalue weighted by atomic mass is 35.5. The van der Waals surface area contributed by atoms with E-state index in [4.69, 9.17) is 0 Å². The molecule has 0 spiro atoms. The van der Waals surface area contributed by atoms with E-state index in [2.05, 4.69) is 53.8 Å².